The molecule has 1 amide bonds. The molecule has 0 aliphatic rings. The number of ether oxygens (including phenoxy) is 1. The highest BCUT2D eigenvalue weighted by atomic mass is 79.9. The van der Waals surface area contributed by atoms with Gasteiger partial charge in [0.2, 0.25) is 0 Å². The van der Waals surface area contributed by atoms with Crippen molar-refractivity contribution >= 4 is 22.0 Å². The van der Waals surface area contributed by atoms with E-state index in [0.29, 0.717) is 19.5 Å². The van der Waals surface area contributed by atoms with Crippen LogP contribution in [0.5, 0.6) is 0 Å². The Morgan fingerprint density at radius 1 is 1.38 bits per heavy atom. The molecule has 0 aliphatic carbocycles. The standard InChI is InChI=1S/C17H20BrNO2/c1-3-5-9-12-19(13-16(18)4-2)17(20)21-14-15-10-7-6-8-11-15/h4,6-8,10-11H,9,12-14H2,1-2H3/b16-4+. The van der Waals surface area contributed by atoms with Crippen LogP contribution in [0.25, 0.3) is 0 Å². The predicted octanol–water partition coefficient (Wildman–Crippen LogP) is 4.34. The zero-order valence-corrected chi connectivity index (χ0v) is 14.0. The summed E-state index contributed by atoms with van der Waals surface area (Å²) in [7, 11) is 0. The SMILES string of the molecule is CC#CCCN(C/C(Br)=C\C)C(=O)OCc1ccccc1. The Hall–Kier alpha value is -1.73. The molecule has 3 nitrogen and oxygen atoms in total. The molecular formula is C17H20BrNO2. The van der Waals surface area contributed by atoms with E-state index in [1.165, 1.54) is 0 Å². The molecule has 1 aromatic carbocycles. The van der Waals surface area contributed by atoms with Gasteiger partial charge >= 0.3 is 6.09 Å². The molecule has 21 heavy (non-hydrogen) atoms. The second kappa shape index (κ2) is 10.1. The van der Waals surface area contributed by atoms with Crippen molar-refractivity contribution in [2.45, 2.75) is 26.9 Å². The van der Waals surface area contributed by atoms with Crippen LogP contribution in [0.4, 0.5) is 4.79 Å². The lowest BCUT2D eigenvalue weighted by Gasteiger charge is -2.21. The minimum Gasteiger partial charge on any atom is -0.445 e. The Balaban J connectivity index is 2.58. The zero-order chi connectivity index (χ0) is 15.5. The van der Waals surface area contributed by atoms with E-state index < -0.39 is 0 Å². The minimum atomic E-state index is -0.324. The molecule has 0 heterocycles. The molecule has 0 aliphatic heterocycles. The Morgan fingerprint density at radius 3 is 2.71 bits per heavy atom. The van der Waals surface area contributed by atoms with Crippen LogP contribution in [0.3, 0.4) is 0 Å². The second-order valence-corrected chi connectivity index (χ2v) is 5.39. The summed E-state index contributed by atoms with van der Waals surface area (Å²) in [6, 6.07) is 9.65. The first-order chi connectivity index (χ1) is 10.2. The van der Waals surface area contributed by atoms with Crippen molar-refractivity contribution in [2.24, 2.45) is 0 Å². The number of hydrogen-bond donors (Lipinski definition) is 0. The maximum absolute atomic E-state index is 12.2. The topological polar surface area (TPSA) is 29.5 Å². The monoisotopic (exact) mass is 349 g/mol. The summed E-state index contributed by atoms with van der Waals surface area (Å²) < 4.78 is 6.30. The van der Waals surface area contributed by atoms with Crippen molar-refractivity contribution in [3.63, 3.8) is 0 Å². The van der Waals surface area contributed by atoms with Crippen LogP contribution in [-0.4, -0.2) is 24.1 Å². The molecule has 0 fully saturated rings. The average molecular weight is 350 g/mol. The van der Waals surface area contributed by atoms with Gasteiger partial charge < -0.3 is 9.64 Å². The quantitative estimate of drug-likeness (QED) is 0.715. The van der Waals surface area contributed by atoms with Gasteiger partial charge in [-0.1, -0.05) is 52.3 Å². The Bertz CT molecular complexity index is 529. The third-order valence-corrected chi connectivity index (χ3v) is 3.51. The number of carbonyl (C=O) groups excluding carboxylic acids is 1. The van der Waals surface area contributed by atoms with Gasteiger partial charge in [0.1, 0.15) is 6.61 Å². The smallest absolute Gasteiger partial charge is 0.410 e. The second-order valence-electron chi connectivity index (χ2n) is 4.37. The highest BCUT2D eigenvalue weighted by Gasteiger charge is 2.15. The van der Waals surface area contributed by atoms with Gasteiger partial charge in [-0.25, -0.2) is 4.79 Å². The van der Waals surface area contributed by atoms with Gasteiger partial charge in [0.05, 0.1) is 6.54 Å². The first kappa shape index (κ1) is 17.3. The molecule has 112 valence electrons. The van der Waals surface area contributed by atoms with E-state index in [1.807, 2.05) is 43.3 Å². The number of benzene rings is 1. The number of amides is 1. The molecule has 0 spiro atoms. The van der Waals surface area contributed by atoms with Crippen molar-refractivity contribution in [2.75, 3.05) is 13.1 Å². The molecule has 1 aromatic rings. The lowest BCUT2D eigenvalue weighted by molar-refractivity contribution is 0.101. The van der Waals surface area contributed by atoms with E-state index in [-0.39, 0.29) is 12.7 Å². The van der Waals surface area contributed by atoms with E-state index in [9.17, 15) is 4.79 Å². The molecule has 0 saturated heterocycles. The summed E-state index contributed by atoms with van der Waals surface area (Å²) in [6.07, 6.45) is 2.24. The predicted molar refractivity (Wildman–Crippen MR) is 89.0 cm³/mol. The Labute approximate surface area is 135 Å². The number of allylic oxidation sites excluding steroid dienone is 1. The number of halogens is 1. The van der Waals surface area contributed by atoms with E-state index in [0.717, 1.165) is 10.0 Å². The van der Waals surface area contributed by atoms with E-state index in [1.54, 1.807) is 11.8 Å². The van der Waals surface area contributed by atoms with Gasteiger partial charge in [-0.05, 0) is 19.4 Å². The van der Waals surface area contributed by atoms with Crippen LogP contribution in [0.1, 0.15) is 25.8 Å². The zero-order valence-electron chi connectivity index (χ0n) is 12.4. The minimum absolute atomic E-state index is 0.281. The lowest BCUT2D eigenvalue weighted by Crippen LogP contribution is -2.33. The summed E-state index contributed by atoms with van der Waals surface area (Å²) in [4.78, 5) is 13.8. The highest BCUT2D eigenvalue weighted by molar-refractivity contribution is 9.11. The summed E-state index contributed by atoms with van der Waals surface area (Å²) in [5.74, 6) is 5.80. The maximum Gasteiger partial charge on any atom is 0.410 e. The summed E-state index contributed by atoms with van der Waals surface area (Å²) in [5, 5.41) is 0. The number of nitrogens with zero attached hydrogens (tertiary/aromatic N) is 1. The van der Waals surface area contributed by atoms with E-state index in [2.05, 4.69) is 27.8 Å². The molecule has 0 bridgehead atoms. The average Bonchev–Trinajstić information content (AvgIpc) is 2.52. The van der Waals surface area contributed by atoms with E-state index >= 15 is 0 Å². The van der Waals surface area contributed by atoms with Crippen LogP contribution in [0.2, 0.25) is 0 Å². The lowest BCUT2D eigenvalue weighted by atomic mass is 10.2. The summed E-state index contributed by atoms with van der Waals surface area (Å²) in [5.41, 5.74) is 0.976. The van der Waals surface area contributed by atoms with Gasteiger partial charge in [0.25, 0.3) is 0 Å². The molecule has 0 unspecified atom stereocenters. The van der Waals surface area contributed by atoms with Gasteiger partial charge in [0.15, 0.2) is 0 Å². The highest BCUT2D eigenvalue weighted by Crippen LogP contribution is 2.10. The van der Waals surface area contributed by atoms with E-state index in [4.69, 9.17) is 4.74 Å². The third kappa shape index (κ3) is 7.01. The van der Waals surface area contributed by atoms with Gasteiger partial charge in [-0.15, -0.1) is 11.8 Å². The third-order valence-electron chi connectivity index (χ3n) is 2.80. The molecule has 4 heteroatoms. The summed E-state index contributed by atoms with van der Waals surface area (Å²) in [6.45, 7) is 5.04. The maximum atomic E-state index is 12.2. The van der Waals surface area contributed by atoms with Crippen LogP contribution in [-0.2, 0) is 11.3 Å². The fourth-order valence-corrected chi connectivity index (χ4v) is 1.94. The van der Waals surface area contributed by atoms with Gasteiger partial charge in [-0.2, -0.15) is 0 Å². The van der Waals surface area contributed by atoms with Crippen molar-refractivity contribution in [3.05, 3.63) is 46.5 Å². The molecule has 0 atom stereocenters. The van der Waals surface area contributed by atoms with Crippen molar-refractivity contribution in [3.8, 4) is 11.8 Å². The fourth-order valence-electron chi connectivity index (χ4n) is 1.63. The largest absolute Gasteiger partial charge is 0.445 e. The number of carbonyl (C=O) groups is 1. The molecule has 0 radical (unpaired) electrons. The van der Waals surface area contributed by atoms with Crippen molar-refractivity contribution in [1.82, 2.24) is 4.90 Å². The fraction of sp³-hybridized carbons (Fsp3) is 0.353. The molecular weight excluding hydrogens is 330 g/mol. The van der Waals surface area contributed by atoms with Crippen LogP contribution < -0.4 is 0 Å². The Morgan fingerprint density at radius 2 is 2.10 bits per heavy atom. The van der Waals surface area contributed by atoms with Crippen molar-refractivity contribution < 1.29 is 9.53 Å². The van der Waals surface area contributed by atoms with Crippen molar-refractivity contribution in [1.29, 1.82) is 0 Å². The van der Waals surface area contributed by atoms with Crippen LogP contribution >= 0.6 is 15.9 Å². The molecule has 1 rings (SSSR count). The first-order valence-corrected chi connectivity index (χ1v) is 7.62. The van der Waals surface area contributed by atoms with Gasteiger partial charge in [-0.3, -0.25) is 0 Å². The first-order valence-electron chi connectivity index (χ1n) is 6.83. The molecule has 0 aromatic heterocycles. The summed E-state index contributed by atoms with van der Waals surface area (Å²) >= 11 is 3.43. The number of hydrogen-bond acceptors (Lipinski definition) is 2. The van der Waals surface area contributed by atoms with Gasteiger partial charge in [0, 0.05) is 17.4 Å². The molecule has 0 N–H and O–H groups in total. The van der Waals surface area contributed by atoms with Crippen LogP contribution in [0, 0.1) is 11.8 Å². The Kier molecular flexibility index (Phi) is 8.30. The molecule has 0 saturated carbocycles. The normalized spacial score (nSPS) is 10.5. The van der Waals surface area contributed by atoms with Crippen LogP contribution in [0.15, 0.2) is 40.9 Å². The number of rotatable bonds is 6.